The van der Waals surface area contributed by atoms with Crippen LogP contribution in [0.2, 0.25) is 0 Å². The van der Waals surface area contributed by atoms with Crippen molar-refractivity contribution in [2.45, 2.75) is 13.5 Å². The number of halogens is 2. The second-order valence-corrected chi connectivity index (χ2v) is 5.05. The Morgan fingerprint density at radius 2 is 2.26 bits per heavy atom. The van der Waals surface area contributed by atoms with Gasteiger partial charge in [-0.05, 0) is 25.1 Å². The lowest BCUT2D eigenvalue weighted by Gasteiger charge is -2.08. The van der Waals surface area contributed by atoms with Crippen molar-refractivity contribution in [1.82, 2.24) is 9.78 Å². The van der Waals surface area contributed by atoms with Gasteiger partial charge in [-0.15, -0.1) is 0 Å². The number of aryl methyl sites for hydroxylation is 2. The molecule has 0 spiro atoms. The summed E-state index contributed by atoms with van der Waals surface area (Å²) in [6.45, 7) is 2.06. The lowest BCUT2D eigenvalue weighted by atomic mass is 10.2. The number of hydrogen-bond acceptors (Lipinski definition) is 3. The summed E-state index contributed by atoms with van der Waals surface area (Å²) in [7, 11) is 1.74. The number of benzene rings is 1. The molecular formula is C13H12BrFN4. The number of nitriles is 1. The largest absolute Gasteiger partial charge is 0.365 e. The van der Waals surface area contributed by atoms with E-state index in [0.717, 1.165) is 4.47 Å². The van der Waals surface area contributed by atoms with Gasteiger partial charge in [0.15, 0.2) is 0 Å². The Morgan fingerprint density at radius 3 is 2.95 bits per heavy atom. The minimum absolute atomic E-state index is 0.284. The topological polar surface area (TPSA) is 53.6 Å². The average molecular weight is 323 g/mol. The maximum absolute atomic E-state index is 13.6. The van der Waals surface area contributed by atoms with Gasteiger partial charge in [0, 0.05) is 23.6 Å². The Labute approximate surface area is 119 Å². The molecule has 4 nitrogen and oxygen atoms in total. The van der Waals surface area contributed by atoms with Crippen LogP contribution in [0, 0.1) is 24.1 Å². The van der Waals surface area contributed by atoms with E-state index < -0.39 is 0 Å². The highest BCUT2D eigenvalue weighted by Crippen LogP contribution is 2.20. The molecule has 0 unspecified atom stereocenters. The van der Waals surface area contributed by atoms with Gasteiger partial charge in [-0.3, -0.25) is 4.68 Å². The van der Waals surface area contributed by atoms with E-state index in [0.29, 0.717) is 29.2 Å². The number of hydrogen-bond donors (Lipinski definition) is 1. The highest BCUT2D eigenvalue weighted by Gasteiger charge is 2.13. The van der Waals surface area contributed by atoms with Gasteiger partial charge in [-0.2, -0.15) is 10.4 Å². The van der Waals surface area contributed by atoms with Gasteiger partial charge < -0.3 is 5.32 Å². The van der Waals surface area contributed by atoms with Gasteiger partial charge >= 0.3 is 0 Å². The van der Waals surface area contributed by atoms with Crippen molar-refractivity contribution in [2.24, 2.45) is 7.05 Å². The van der Waals surface area contributed by atoms with Gasteiger partial charge in [0.1, 0.15) is 23.3 Å². The highest BCUT2D eigenvalue weighted by atomic mass is 79.9. The van der Waals surface area contributed by atoms with Gasteiger partial charge in [-0.1, -0.05) is 15.9 Å². The second kappa shape index (κ2) is 5.41. The molecule has 2 rings (SSSR count). The van der Waals surface area contributed by atoms with Crippen LogP contribution in [0.4, 0.5) is 10.2 Å². The second-order valence-electron chi connectivity index (χ2n) is 4.13. The summed E-state index contributed by atoms with van der Waals surface area (Å²) >= 11 is 3.30. The van der Waals surface area contributed by atoms with Crippen LogP contribution in [0.15, 0.2) is 22.7 Å². The van der Waals surface area contributed by atoms with Crippen LogP contribution in [-0.4, -0.2) is 9.78 Å². The van der Waals surface area contributed by atoms with Crippen molar-refractivity contribution >= 4 is 21.7 Å². The first-order valence-electron chi connectivity index (χ1n) is 5.64. The Hall–Kier alpha value is -1.87. The maximum atomic E-state index is 13.6. The number of rotatable bonds is 3. The summed E-state index contributed by atoms with van der Waals surface area (Å²) in [5.74, 6) is 0.312. The van der Waals surface area contributed by atoms with Gasteiger partial charge in [-0.25, -0.2) is 4.39 Å². The first-order chi connectivity index (χ1) is 9.02. The van der Waals surface area contributed by atoms with E-state index >= 15 is 0 Å². The van der Waals surface area contributed by atoms with Crippen molar-refractivity contribution < 1.29 is 4.39 Å². The van der Waals surface area contributed by atoms with E-state index in [1.807, 2.05) is 0 Å². The molecule has 98 valence electrons. The monoisotopic (exact) mass is 322 g/mol. The Morgan fingerprint density at radius 1 is 1.53 bits per heavy atom. The Kier molecular flexibility index (Phi) is 3.86. The molecule has 1 aromatic carbocycles. The van der Waals surface area contributed by atoms with Crippen LogP contribution >= 0.6 is 15.9 Å². The molecule has 1 aromatic heterocycles. The summed E-state index contributed by atoms with van der Waals surface area (Å²) < 4.78 is 16.0. The van der Waals surface area contributed by atoms with Crippen LogP contribution in [0.3, 0.4) is 0 Å². The fourth-order valence-electron chi connectivity index (χ4n) is 1.85. The summed E-state index contributed by atoms with van der Waals surface area (Å²) in [6, 6.07) is 6.85. The molecule has 0 aliphatic rings. The van der Waals surface area contributed by atoms with Gasteiger partial charge in [0.25, 0.3) is 0 Å². The normalized spacial score (nSPS) is 10.3. The van der Waals surface area contributed by atoms with E-state index in [1.165, 1.54) is 6.07 Å². The number of anilines is 1. The van der Waals surface area contributed by atoms with Crippen LogP contribution in [0.25, 0.3) is 0 Å². The van der Waals surface area contributed by atoms with E-state index in [9.17, 15) is 4.39 Å². The molecule has 2 aromatic rings. The van der Waals surface area contributed by atoms with Crippen molar-refractivity contribution in [3.05, 3.63) is 45.3 Å². The molecule has 0 atom stereocenters. The van der Waals surface area contributed by atoms with E-state index in [-0.39, 0.29) is 5.82 Å². The molecule has 0 radical (unpaired) electrons. The number of nitrogens with one attached hydrogen (secondary N) is 1. The smallest absolute Gasteiger partial charge is 0.142 e. The van der Waals surface area contributed by atoms with Crippen LogP contribution < -0.4 is 5.32 Å². The minimum atomic E-state index is -0.284. The van der Waals surface area contributed by atoms with Gasteiger partial charge in [0.05, 0.1) is 5.69 Å². The van der Waals surface area contributed by atoms with Crippen molar-refractivity contribution in [3.63, 3.8) is 0 Å². The molecule has 0 fully saturated rings. The molecule has 6 heteroatoms. The van der Waals surface area contributed by atoms with Crippen molar-refractivity contribution in [1.29, 1.82) is 5.26 Å². The molecule has 0 saturated heterocycles. The van der Waals surface area contributed by atoms with Gasteiger partial charge in [0.2, 0.25) is 0 Å². The van der Waals surface area contributed by atoms with E-state index in [2.05, 4.69) is 32.4 Å². The van der Waals surface area contributed by atoms with E-state index in [1.54, 1.807) is 30.8 Å². The van der Waals surface area contributed by atoms with Crippen LogP contribution in [0.5, 0.6) is 0 Å². The third-order valence-electron chi connectivity index (χ3n) is 2.79. The molecular weight excluding hydrogens is 311 g/mol. The molecule has 0 amide bonds. The molecule has 0 saturated carbocycles. The number of nitrogens with zero attached hydrogens (tertiary/aromatic N) is 3. The molecule has 1 heterocycles. The highest BCUT2D eigenvalue weighted by molar-refractivity contribution is 9.10. The number of aromatic nitrogens is 2. The summed E-state index contributed by atoms with van der Waals surface area (Å²) in [5, 5.41) is 16.3. The quantitative estimate of drug-likeness (QED) is 0.944. The molecule has 0 aliphatic carbocycles. The predicted molar refractivity (Wildman–Crippen MR) is 74.1 cm³/mol. The summed E-state index contributed by atoms with van der Waals surface area (Å²) in [4.78, 5) is 0. The third-order valence-corrected chi connectivity index (χ3v) is 3.28. The first kappa shape index (κ1) is 13.6. The molecule has 0 bridgehead atoms. The lowest BCUT2D eigenvalue weighted by Crippen LogP contribution is -2.07. The molecule has 0 aliphatic heterocycles. The third kappa shape index (κ3) is 2.76. The van der Waals surface area contributed by atoms with E-state index in [4.69, 9.17) is 5.26 Å². The summed E-state index contributed by atoms with van der Waals surface area (Å²) in [5.41, 5.74) is 1.66. The predicted octanol–water partition coefficient (Wildman–Crippen LogP) is 3.11. The standard InChI is InChI=1S/C13H12BrFN4/c1-8-11(6-16)13(19(2)18-8)17-7-9-5-10(14)3-4-12(9)15/h3-5,17H,7H2,1-2H3. The van der Waals surface area contributed by atoms with Crippen LogP contribution in [0.1, 0.15) is 16.8 Å². The van der Waals surface area contributed by atoms with Crippen molar-refractivity contribution in [2.75, 3.05) is 5.32 Å². The molecule has 1 N–H and O–H groups in total. The zero-order chi connectivity index (χ0) is 14.0. The lowest BCUT2D eigenvalue weighted by molar-refractivity contribution is 0.612. The zero-order valence-electron chi connectivity index (χ0n) is 10.5. The fourth-order valence-corrected chi connectivity index (χ4v) is 2.26. The SMILES string of the molecule is Cc1nn(C)c(NCc2cc(Br)ccc2F)c1C#N. The zero-order valence-corrected chi connectivity index (χ0v) is 12.1. The average Bonchev–Trinajstić information content (AvgIpc) is 2.64. The Bertz CT molecular complexity index is 657. The van der Waals surface area contributed by atoms with Crippen LogP contribution in [-0.2, 0) is 13.6 Å². The summed E-state index contributed by atoms with van der Waals surface area (Å²) in [6.07, 6.45) is 0. The fraction of sp³-hybridized carbons (Fsp3) is 0.231. The molecule has 19 heavy (non-hydrogen) atoms. The first-order valence-corrected chi connectivity index (χ1v) is 6.43. The minimum Gasteiger partial charge on any atom is -0.365 e. The van der Waals surface area contributed by atoms with Crippen molar-refractivity contribution in [3.8, 4) is 6.07 Å². The maximum Gasteiger partial charge on any atom is 0.142 e. The Balaban J connectivity index is 2.24.